The van der Waals surface area contributed by atoms with E-state index < -0.39 is 5.82 Å². The molecule has 2 atom stereocenters. The maximum atomic E-state index is 15.0. The van der Waals surface area contributed by atoms with Crippen molar-refractivity contribution in [3.8, 4) is 22.9 Å². The number of halogens is 1. The van der Waals surface area contributed by atoms with E-state index in [1.165, 1.54) is 6.07 Å². The highest BCUT2D eigenvalue weighted by Crippen LogP contribution is 2.40. The zero-order valence-corrected chi connectivity index (χ0v) is 27.4. The third kappa shape index (κ3) is 7.30. The van der Waals surface area contributed by atoms with Gasteiger partial charge in [-0.05, 0) is 73.6 Å². The van der Waals surface area contributed by atoms with Crippen LogP contribution in [-0.4, -0.2) is 51.0 Å². The minimum Gasteiger partial charge on any atom is -0.445 e. The second-order valence-corrected chi connectivity index (χ2v) is 12.8. The fourth-order valence-electron chi connectivity index (χ4n) is 6.23. The number of ether oxygens (including phenoxy) is 2. The zero-order valence-electron chi connectivity index (χ0n) is 27.4. The van der Waals surface area contributed by atoms with Crippen LogP contribution in [0, 0.1) is 24.6 Å². The normalized spacial score (nSPS) is 17.4. The summed E-state index contributed by atoms with van der Waals surface area (Å²) in [5.74, 6) is 0.731. The Morgan fingerprint density at radius 2 is 1.76 bits per heavy atom. The van der Waals surface area contributed by atoms with Crippen molar-refractivity contribution < 1.29 is 23.5 Å². The number of likely N-dealkylation sites (tertiary alicyclic amines) is 1. The zero-order chi connectivity index (χ0) is 33.9. The molecule has 250 valence electrons. The first-order valence-corrected chi connectivity index (χ1v) is 16.5. The Hall–Kier alpha value is -5.58. The molecule has 1 aliphatic carbocycles. The fourth-order valence-corrected chi connectivity index (χ4v) is 6.23. The van der Waals surface area contributed by atoms with Crippen molar-refractivity contribution in [2.75, 3.05) is 23.7 Å². The Balaban J connectivity index is 1.10. The van der Waals surface area contributed by atoms with Crippen LogP contribution >= 0.6 is 0 Å². The minimum atomic E-state index is -0.504. The maximum absolute atomic E-state index is 15.0. The molecule has 2 N–H and O–H groups in total. The number of carbonyl (C=O) groups excluding carboxylic acids is 2. The highest BCUT2D eigenvalue weighted by molar-refractivity contribution is 6.05. The van der Waals surface area contributed by atoms with Crippen LogP contribution in [-0.2, 0) is 16.1 Å². The average molecular weight is 661 g/mol. The number of benzene rings is 3. The first-order valence-electron chi connectivity index (χ1n) is 16.5. The molecule has 49 heavy (non-hydrogen) atoms. The number of hydrogen-bond donors (Lipinski definition) is 2. The van der Waals surface area contributed by atoms with Crippen LogP contribution in [0.15, 0.2) is 85.2 Å². The second-order valence-electron chi connectivity index (χ2n) is 12.8. The molecular weight excluding hydrogens is 623 g/mol. The first-order chi connectivity index (χ1) is 23.8. The number of nitrogens with zero attached hydrogens (tertiary/aromatic N) is 4. The van der Waals surface area contributed by atoms with Crippen molar-refractivity contribution in [1.29, 1.82) is 0 Å². The predicted octanol–water partition coefficient (Wildman–Crippen LogP) is 7.74. The summed E-state index contributed by atoms with van der Waals surface area (Å²) in [6, 6.07) is 21.6. The van der Waals surface area contributed by atoms with Gasteiger partial charge in [0.15, 0.2) is 0 Å². The monoisotopic (exact) mass is 660 g/mol. The molecule has 10 nitrogen and oxygen atoms in total. The summed E-state index contributed by atoms with van der Waals surface area (Å²) in [7, 11) is 0. The van der Waals surface area contributed by atoms with Gasteiger partial charge in [0.1, 0.15) is 18.2 Å². The number of rotatable bonds is 9. The molecule has 7 rings (SSSR count). The van der Waals surface area contributed by atoms with Crippen LogP contribution in [0.3, 0.4) is 0 Å². The Morgan fingerprint density at radius 3 is 2.57 bits per heavy atom. The summed E-state index contributed by atoms with van der Waals surface area (Å²) in [6.45, 7) is 5.29. The SMILES string of the molecule is Cc1ccc2c(NC(=O)C3CC3)c(F)ccc2c1Oc1ncccc1-c1ccnc(N[C@H]2C[C@@H](C)CN(C(=O)OCc3ccccc3)C2)n1. The molecule has 0 unspecified atom stereocenters. The molecule has 1 saturated carbocycles. The predicted molar refractivity (Wildman–Crippen MR) is 185 cm³/mol. The van der Waals surface area contributed by atoms with Gasteiger partial charge in [-0.2, -0.15) is 0 Å². The number of carbonyl (C=O) groups is 2. The van der Waals surface area contributed by atoms with Crippen LogP contribution in [0.4, 0.5) is 20.8 Å². The summed E-state index contributed by atoms with van der Waals surface area (Å²) in [5, 5.41) is 7.40. The molecule has 3 aromatic carbocycles. The molecule has 5 aromatic rings. The van der Waals surface area contributed by atoms with Crippen LogP contribution in [0.25, 0.3) is 22.0 Å². The molecule has 2 amide bonds. The lowest BCUT2D eigenvalue weighted by molar-refractivity contribution is -0.117. The molecule has 2 fully saturated rings. The van der Waals surface area contributed by atoms with E-state index in [2.05, 4.69) is 27.5 Å². The number of aryl methyl sites for hydroxylation is 1. The van der Waals surface area contributed by atoms with Crippen LogP contribution < -0.4 is 15.4 Å². The highest BCUT2D eigenvalue weighted by atomic mass is 19.1. The van der Waals surface area contributed by atoms with Gasteiger partial charge in [0.05, 0.1) is 16.9 Å². The largest absolute Gasteiger partial charge is 0.445 e. The van der Waals surface area contributed by atoms with E-state index in [4.69, 9.17) is 14.5 Å². The van der Waals surface area contributed by atoms with Gasteiger partial charge in [0, 0.05) is 48.2 Å². The number of anilines is 2. The maximum Gasteiger partial charge on any atom is 0.410 e. The summed E-state index contributed by atoms with van der Waals surface area (Å²) in [6.07, 6.45) is 5.42. The number of fused-ring (bicyclic) bond motifs is 1. The van der Waals surface area contributed by atoms with Crippen molar-refractivity contribution in [2.45, 2.75) is 45.8 Å². The topological polar surface area (TPSA) is 119 Å². The van der Waals surface area contributed by atoms with E-state index in [1.54, 1.807) is 41.6 Å². The van der Waals surface area contributed by atoms with E-state index >= 15 is 0 Å². The number of hydrogen-bond acceptors (Lipinski definition) is 8. The summed E-state index contributed by atoms with van der Waals surface area (Å²) >= 11 is 0. The van der Waals surface area contributed by atoms with Crippen LogP contribution in [0.2, 0.25) is 0 Å². The van der Waals surface area contributed by atoms with Crippen molar-refractivity contribution in [1.82, 2.24) is 19.9 Å². The number of amides is 2. The molecule has 1 aliphatic heterocycles. The lowest BCUT2D eigenvalue weighted by atomic mass is 9.96. The van der Waals surface area contributed by atoms with Gasteiger partial charge < -0.3 is 25.0 Å². The van der Waals surface area contributed by atoms with Gasteiger partial charge in [-0.3, -0.25) is 4.79 Å². The third-order valence-electron chi connectivity index (χ3n) is 8.85. The van der Waals surface area contributed by atoms with E-state index in [0.717, 1.165) is 30.4 Å². The molecule has 2 aliphatic rings. The summed E-state index contributed by atoms with van der Waals surface area (Å²) in [4.78, 5) is 41.0. The van der Waals surface area contributed by atoms with Crippen molar-refractivity contribution >= 4 is 34.4 Å². The van der Waals surface area contributed by atoms with Gasteiger partial charge in [0.25, 0.3) is 0 Å². The molecule has 2 aromatic heterocycles. The van der Waals surface area contributed by atoms with Crippen LogP contribution in [0.1, 0.15) is 37.3 Å². The number of nitrogens with one attached hydrogen (secondary N) is 2. The minimum absolute atomic E-state index is 0.0685. The molecule has 11 heteroatoms. The van der Waals surface area contributed by atoms with Gasteiger partial charge in [-0.15, -0.1) is 0 Å². The number of piperidine rings is 1. The van der Waals surface area contributed by atoms with Gasteiger partial charge in [-0.25, -0.2) is 24.1 Å². The lowest BCUT2D eigenvalue weighted by Crippen LogP contribution is -2.48. The molecule has 1 saturated heterocycles. The van der Waals surface area contributed by atoms with E-state index in [-0.39, 0.29) is 42.2 Å². The lowest BCUT2D eigenvalue weighted by Gasteiger charge is -2.36. The fraction of sp³-hybridized carbons (Fsp3) is 0.289. The Morgan fingerprint density at radius 1 is 0.939 bits per heavy atom. The Kier molecular flexibility index (Phi) is 9.06. The Labute approximate surface area is 283 Å². The van der Waals surface area contributed by atoms with Crippen molar-refractivity contribution in [2.24, 2.45) is 11.8 Å². The van der Waals surface area contributed by atoms with Gasteiger partial charge in [0.2, 0.25) is 17.7 Å². The van der Waals surface area contributed by atoms with E-state index in [1.807, 2.05) is 49.4 Å². The van der Waals surface area contributed by atoms with Gasteiger partial charge >= 0.3 is 6.09 Å². The smallest absolute Gasteiger partial charge is 0.410 e. The van der Waals surface area contributed by atoms with E-state index in [0.29, 0.717) is 52.7 Å². The van der Waals surface area contributed by atoms with Gasteiger partial charge in [-0.1, -0.05) is 49.4 Å². The second kappa shape index (κ2) is 13.9. The highest BCUT2D eigenvalue weighted by Gasteiger charge is 2.31. The third-order valence-corrected chi connectivity index (χ3v) is 8.85. The number of aromatic nitrogens is 3. The standard InChI is InChI=1S/C38H37FN6O4/c1-23-19-27(21-45(20-23)38(47)48-22-25-7-4-3-5-8-25)42-37-41-18-16-32(43-37)30-9-6-17-40-36(30)49-34-24(2)10-13-28-29(34)14-15-31(39)33(28)44-35(46)26-11-12-26/h3-10,13-18,23,26-27H,11-12,19-22H2,1-2H3,(H,44,46)(H,41,42,43)/t23-,27+/m1/s1. The summed E-state index contributed by atoms with van der Waals surface area (Å²) < 4.78 is 27.1. The van der Waals surface area contributed by atoms with Crippen molar-refractivity contribution in [3.05, 3.63) is 102 Å². The molecule has 0 spiro atoms. The molecule has 3 heterocycles. The Bertz CT molecular complexity index is 2000. The van der Waals surface area contributed by atoms with Crippen molar-refractivity contribution in [3.63, 3.8) is 0 Å². The molecular formula is C38H37FN6O4. The summed E-state index contributed by atoms with van der Waals surface area (Å²) in [5.41, 5.74) is 3.12. The van der Waals surface area contributed by atoms with Crippen LogP contribution in [0.5, 0.6) is 11.6 Å². The molecule has 0 bridgehead atoms. The van der Waals surface area contributed by atoms with E-state index in [9.17, 15) is 14.0 Å². The quantitative estimate of drug-likeness (QED) is 0.165. The number of pyridine rings is 1. The first kappa shape index (κ1) is 32.0. The molecule has 0 radical (unpaired) electrons. The average Bonchev–Trinajstić information content (AvgIpc) is 3.96.